The highest BCUT2D eigenvalue weighted by Gasteiger charge is 2.18. The van der Waals surface area contributed by atoms with E-state index in [-0.39, 0.29) is 5.91 Å². The van der Waals surface area contributed by atoms with Gasteiger partial charge in [-0.3, -0.25) is 14.3 Å². The summed E-state index contributed by atoms with van der Waals surface area (Å²) in [5.74, 6) is -0.132. The highest BCUT2D eigenvalue weighted by molar-refractivity contribution is 7.98. The summed E-state index contributed by atoms with van der Waals surface area (Å²) in [7, 11) is 0. The minimum absolute atomic E-state index is 0.132. The number of thioether (sulfide) groups is 1. The maximum absolute atomic E-state index is 13.0. The second kappa shape index (κ2) is 9.93. The van der Waals surface area contributed by atoms with Crippen molar-refractivity contribution < 1.29 is 9.53 Å². The second-order valence-electron chi connectivity index (χ2n) is 7.14. The molecule has 3 aromatic rings. The van der Waals surface area contributed by atoms with E-state index in [0.29, 0.717) is 12.2 Å². The molecule has 1 aliphatic heterocycles. The van der Waals surface area contributed by atoms with Crippen molar-refractivity contribution in [3.8, 4) is 5.69 Å². The summed E-state index contributed by atoms with van der Waals surface area (Å²) in [5, 5.41) is 3.88. The number of hydrogen-bond acceptors (Lipinski definition) is 5. The van der Waals surface area contributed by atoms with Crippen molar-refractivity contribution in [2.45, 2.75) is 18.2 Å². The second-order valence-corrected chi connectivity index (χ2v) is 7.91. The van der Waals surface area contributed by atoms with Gasteiger partial charge >= 0.3 is 0 Å². The summed E-state index contributed by atoms with van der Waals surface area (Å²) in [6, 6.07) is 18.1. The van der Waals surface area contributed by atoms with Crippen LogP contribution in [0.4, 0.5) is 0 Å². The van der Waals surface area contributed by atoms with Crippen LogP contribution in [0, 0.1) is 0 Å². The van der Waals surface area contributed by atoms with Crippen LogP contribution in [0.2, 0.25) is 0 Å². The first-order valence-corrected chi connectivity index (χ1v) is 11.3. The van der Waals surface area contributed by atoms with Crippen LogP contribution in [-0.2, 0) is 17.8 Å². The molecule has 1 amide bonds. The number of amides is 1. The van der Waals surface area contributed by atoms with Gasteiger partial charge in [0.1, 0.15) is 5.69 Å². The molecule has 0 saturated carbocycles. The number of carbonyl (C=O) groups excluding carboxylic acids is 1. The zero-order chi connectivity index (χ0) is 20.8. The Morgan fingerprint density at radius 2 is 1.77 bits per heavy atom. The van der Waals surface area contributed by atoms with E-state index in [1.165, 1.54) is 17.3 Å². The monoisotopic (exact) mass is 422 g/mol. The van der Waals surface area contributed by atoms with Crippen molar-refractivity contribution in [2.24, 2.45) is 0 Å². The molecule has 1 saturated heterocycles. The number of aromatic nitrogens is 2. The Morgan fingerprint density at radius 3 is 2.50 bits per heavy atom. The standard InChI is InChI=1S/C23H26N4O2S/c1-30-23-25-16-21(27(23)20-9-3-2-4-10-20)22(28)24-15-18-7-5-6-8-19(18)17-26-11-13-29-14-12-26/h2-10,16H,11-15,17H2,1H3,(H,24,28). The van der Waals surface area contributed by atoms with Crippen molar-refractivity contribution in [1.29, 1.82) is 0 Å². The van der Waals surface area contributed by atoms with Gasteiger partial charge in [-0.2, -0.15) is 0 Å². The fraction of sp³-hybridized carbons (Fsp3) is 0.304. The summed E-state index contributed by atoms with van der Waals surface area (Å²) in [4.78, 5) is 19.9. The molecule has 0 spiro atoms. The molecule has 6 nitrogen and oxygen atoms in total. The number of benzene rings is 2. The van der Waals surface area contributed by atoms with E-state index >= 15 is 0 Å². The van der Waals surface area contributed by atoms with Gasteiger partial charge in [0, 0.05) is 31.9 Å². The fourth-order valence-electron chi connectivity index (χ4n) is 3.62. The van der Waals surface area contributed by atoms with Gasteiger partial charge in [-0.05, 0) is 29.5 Å². The molecule has 2 heterocycles. The molecule has 0 bridgehead atoms. The van der Waals surface area contributed by atoms with Gasteiger partial charge in [-0.1, -0.05) is 54.2 Å². The van der Waals surface area contributed by atoms with Gasteiger partial charge < -0.3 is 10.1 Å². The Labute approximate surface area is 181 Å². The zero-order valence-electron chi connectivity index (χ0n) is 17.1. The van der Waals surface area contributed by atoms with Gasteiger partial charge in [-0.25, -0.2) is 4.98 Å². The van der Waals surface area contributed by atoms with Gasteiger partial charge in [0.05, 0.1) is 19.4 Å². The van der Waals surface area contributed by atoms with Crippen LogP contribution >= 0.6 is 11.8 Å². The molecule has 0 atom stereocenters. The van der Waals surface area contributed by atoms with Crippen LogP contribution in [0.1, 0.15) is 21.6 Å². The van der Waals surface area contributed by atoms with Crippen molar-refractivity contribution in [2.75, 3.05) is 32.6 Å². The maximum atomic E-state index is 13.0. The van der Waals surface area contributed by atoms with Crippen molar-refractivity contribution >= 4 is 17.7 Å². The molecule has 1 fully saturated rings. The number of nitrogens with zero attached hydrogens (tertiary/aromatic N) is 3. The molecule has 0 radical (unpaired) electrons. The normalized spacial score (nSPS) is 14.6. The van der Waals surface area contributed by atoms with E-state index in [1.807, 2.05) is 47.2 Å². The van der Waals surface area contributed by atoms with Crippen molar-refractivity contribution in [1.82, 2.24) is 19.8 Å². The Bertz CT molecular complexity index is 984. The maximum Gasteiger partial charge on any atom is 0.270 e. The minimum Gasteiger partial charge on any atom is -0.379 e. The zero-order valence-corrected chi connectivity index (χ0v) is 17.9. The van der Waals surface area contributed by atoms with Crippen LogP contribution in [0.15, 0.2) is 66.0 Å². The molecular weight excluding hydrogens is 396 g/mol. The SMILES string of the molecule is CSc1ncc(C(=O)NCc2ccccc2CN2CCOCC2)n1-c1ccccc1. The highest BCUT2D eigenvalue weighted by atomic mass is 32.2. The lowest BCUT2D eigenvalue weighted by Crippen LogP contribution is -2.36. The lowest BCUT2D eigenvalue weighted by Gasteiger charge is -2.27. The predicted octanol–water partition coefficient (Wildman–Crippen LogP) is 3.36. The van der Waals surface area contributed by atoms with E-state index in [1.54, 1.807) is 6.20 Å². The molecule has 2 aromatic carbocycles. The van der Waals surface area contributed by atoms with E-state index < -0.39 is 0 Å². The average molecular weight is 423 g/mol. The van der Waals surface area contributed by atoms with E-state index in [4.69, 9.17) is 4.74 Å². The topological polar surface area (TPSA) is 59.4 Å². The molecule has 1 N–H and O–H groups in total. The lowest BCUT2D eigenvalue weighted by molar-refractivity contribution is 0.0340. The van der Waals surface area contributed by atoms with Crippen molar-refractivity contribution in [3.05, 3.63) is 77.6 Å². The number of nitrogens with one attached hydrogen (secondary N) is 1. The average Bonchev–Trinajstić information content (AvgIpc) is 3.24. The Hall–Kier alpha value is -2.61. The van der Waals surface area contributed by atoms with Crippen LogP contribution in [-0.4, -0.2) is 52.9 Å². The molecule has 1 aromatic heterocycles. The van der Waals surface area contributed by atoms with E-state index in [9.17, 15) is 4.79 Å². The lowest BCUT2D eigenvalue weighted by atomic mass is 10.1. The quantitative estimate of drug-likeness (QED) is 0.592. The number of ether oxygens (including phenoxy) is 1. The molecule has 1 aliphatic rings. The molecule has 7 heteroatoms. The van der Waals surface area contributed by atoms with Crippen molar-refractivity contribution in [3.63, 3.8) is 0 Å². The Kier molecular flexibility index (Phi) is 6.84. The number of carbonyl (C=O) groups is 1. The number of para-hydroxylation sites is 1. The number of hydrogen-bond donors (Lipinski definition) is 1. The summed E-state index contributed by atoms with van der Waals surface area (Å²) < 4.78 is 7.35. The largest absolute Gasteiger partial charge is 0.379 e. The van der Waals surface area contributed by atoms with Crippen LogP contribution < -0.4 is 5.32 Å². The third kappa shape index (κ3) is 4.75. The molecule has 4 rings (SSSR count). The van der Waals surface area contributed by atoms with Crippen LogP contribution in [0.25, 0.3) is 5.69 Å². The van der Waals surface area contributed by atoms with E-state index in [2.05, 4.69) is 33.4 Å². The first kappa shape index (κ1) is 20.7. The highest BCUT2D eigenvalue weighted by Crippen LogP contribution is 2.22. The Morgan fingerprint density at radius 1 is 1.07 bits per heavy atom. The predicted molar refractivity (Wildman–Crippen MR) is 119 cm³/mol. The number of rotatable bonds is 7. The first-order valence-electron chi connectivity index (χ1n) is 10.1. The van der Waals surface area contributed by atoms with Gasteiger partial charge in [-0.15, -0.1) is 0 Å². The smallest absolute Gasteiger partial charge is 0.270 e. The summed E-state index contributed by atoms with van der Waals surface area (Å²) >= 11 is 1.52. The van der Waals surface area contributed by atoms with Crippen LogP contribution in [0.5, 0.6) is 0 Å². The minimum atomic E-state index is -0.132. The van der Waals surface area contributed by atoms with Crippen LogP contribution in [0.3, 0.4) is 0 Å². The van der Waals surface area contributed by atoms with E-state index in [0.717, 1.165) is 49.3 Å². The summed E-state index contributed by atoms with van der Waals surface area (Å²) in [6.07, 6.45) is 3.61. The van der Waals surface area contributed by atoms with Gasteiger partial charge in [0.2, 0.25) is 0 Å². The first-order chi connectivity index (χ1) is 14.8. The van der Waals surface area contributed by atoms with Gasteiger partial charge in [0.15, 0.2) is 5.16 Å². The fourth-order valence-corrected chi connectivity index (χ4v) is 4.16. The third-order valence-corrected chi connectivity index (χ3v) is 5.87. The molecular formula is C23H26N4O2S. The molecule has 156 valence electrons. The van der Waals surface area contributed by atoms with Gasteiger partial charge in [0.25, 0.3) is 5.91 Å². The molecule has 0 unspecified atom stereocenters. The summed E-state index contributed by atoms with van der Waals surface area (Å²) in [5.41, 5.74) is 3.84. The Balaban J connectivity index is 1.49. The summed E-state index contributed by atoms with van der Waals surface area (Å²) in [6.45, 7) is 4.78. The third-order valence-electron chi connectivity index (χ3n) is 5.21. The number of morpholine rings is 1. The number of imidazole rings is 1. The molecule has 0 aliphatic carbocycles. The molecule has 30 heavy (non-hydrogen) atoms.